The van der Waals surface area contributed by atoms with Crippen molar-refractivity contribution < 1.29 is 4.92 Å². The van der Waals surface area contributed by atoms with Gasteiger partial charge in [0.05, 0.1) is 15.1 Å². The van der Waals surface area contributed by atoms with Crippen LogP contribution in [0.1, 0.15) is 0 Å². The smallest absolute Gasteiger partial charge is 0.345 e. The minimum atomic E-state index is -0.390. The van der Waals surface area contributed by atoms with E-state index >= 15 is 0 Å². The van der Waals surface area contributed by atoms with E-state index in [1.54, 1.807) is 11.3 Å². The van der Waals surface area contributed by atoms with E-state index in [0.717, 1.165) is 53.3 Å². The predicted octanol–water partition coefficient (Wildman–Crippen LogP) is 2.99. The Balaban J connectivity index is 1.46. The lowest BCUT2D eigenvalue weighted by atomic mass is 10.3. The Morgan fingerprint density at radius 3 is 2.39 bits per heavy atom. The SMILES string of the molecule is O=[N+]([O-])c1cnc(N2CCN(c3nc4ccccc4s3)CC2)s1. The molecule has 1 aromatic carbocycles. The van der Waals surface area contributed by atoms with Crippen LogP contribution >= 0.6 is 22.7 Å². The van der Waals surface area contributed by atoms with Gasteiger partial charge in [-0.05, 0) is 23.5 Å². The average molecular weight is 347 g/mol. The molecule has 0 amide bonds. The van der Waals surface area contributed by atoms with Crippen LogP contribution in [0, 0.1) is 10.1 Å². The number of hydrogen-bond acceptors (Lipinski definition) is 8. The summed E-state index contributed by atoms with van der Waals surface area (Å²) in [6.45, 7) is 3.27. The number of benzene rings is 1. The molecule has 0 aliphatic carbocycles. The zero-order valence-corrected chi connectivity index (χ0v) is 13.7. The van der Waals surface area contributed by atoms with Crippen LogP contribution in [0.15, 0.2) is 30.5 Å². The summed E-state index contributed by atoms with van der Waals surface area (Å²) in [7, 11) is 0. The van der Waals surface area contributed by atoms with Crippen LogP contribution in [0.2, 0.25) is 0 Å². The topological polar surface area (TPSA) is 75.4 Å². The van der Waals surface area contributed by atoms with Crippen LogP contribution < -0.4 is 9.80 Å². The number of para-hydroxylation sites is 1. The third kappa shape index (κ3) is 2.73. The Morgan fingerprint density at radius 1 is 1.04 bits per heavy atom. The predicted molar refractivity (Wildman–Crippen MR) is 92.8 cm³/mol. The maximum absolute atomic E-state index is 10.8. The first-order valence-corrected chi connectivity index (χ1v) is 8.80. The van der Waals surface area contributed by atoms with Gasteiger partial charge in [-0.25, -0.2) is 9.97 Å². The Hall–Kier alpha value is -2.26. The number of anilines is 2. The van der Waals surface area contributed by atoms with E-state index < -0.39 is 4.92 Å². The highest BCUT2D eigenvalue weighted by molar-refractivity contribution is 7.22. The van der Waals surface area contributed by atoms with Crippen LogP contribution in [0.3, 0.4) is 0 Å². The fourth-order valence-corrected chi connectivity index (χ4v) is 4.37. The maximum atomic E-state index is 10.8. The number of rotatable bonds is 3. The second-order valence-corrected chi connectivity index (χ2v) is 7.17. The summed E-state index contributed by atoms with van der Waals surface area (Å²) in [6, 6.07) is 8.14. The van der Waals surface area contributed by atoms with E-state index in [4.69, 9.17) is 0 Å². The van der Waals surface area contributed by atoms with Gasteiger partial charge >= 0.3 is 5.00 Å². The Bertz CT molecular complexity index is 821. The van der Waals surface area contributed by atoms with Gasteiger partial charge in [-0.3, -0.25) is 10.1 Å². The van der Waals surface area contributed by atoms with Gasteiger partial charge in [0.15, 0.2) is 10.3 Å². The van der Waals surface area contributed by atoms with Gasteiger partial charge in [-0.1, -0.05) is 23.5 Å². The molecule has 4 rings (SSSR count). The summed E-state index contributed by atoms with van der Waals surface area (Å²) in [6.07, 6.45) is 1.33. The second kappa shape index (κ2) is 5.74. The van der Waals surface area contributed by atoms with Crippen molar-refractivity contribution in [2.75, 3.05) is 36.0 Å². The summed E-state index contributed by atoms with van der Waals surface area (Å²) in [5.41, 5.74) is 1.03. The van der Waals surface area contributed by atoms with E-state index in [-0.39, 0.29) is 5.00 Å². The lowest BCUT2D eigenvalue weighted by Gasteiger charge is -2.34. The first-order valence-electron chi connectivity index (χ1n) is 7.16. The summed E-state index contributed by atoms with van der Waals surface area (Å²) < 4.78 is 1.19. The molecule has 3 heterocycles. The zero-order chi connectivity index (χ0) is 15.8. The standard InChI is InChI=1S/C14H13N5O2S2/c20-19(21)12-9-15-13(23-12)17-5-7-18(8-6-17)14-16-10-3-1-2-4-11(10)22-14/h1-4,9H,5-8H2. The highest BCUT2D eigenvalue weighted by Crippen LogP contribution is 2.32. The van der Waals surface area contributed by atoms with Crippen molar-refractivity contribution in [3.8, 4) is 0 Å². The van der Waals surface area contributed by atoms with Gasteiger partial charge in [-0.2, -0.15) is 0 Å². The molecule has 3 aromatic rings. The van der Waals surface area contributed by atoms with Crippen molar-refractivity contribution in [2.24, 2.45) is 0 Å². The van der Waals surface area contributed by atoms with Gasteiger partial charge in [0, 0.05) is 26.2 Å². The average Bonchev–Trinajstić information content (AvgIpc) is 3.22. The summed E-state index contributed by atoms with van der Waals surface area (Å²) >= 11 is 2.84. The highest BCUT2D eigenvalue weighted by Gasteiger charge is 2.23. The van der Waals surface area contributed by atoms with Crippen molar-refractivity contribution in [1.82, 2.24) is 9.97 Å². The summed E-state index contributed by atoms with van der Waals surface area (Å²) in [4.78, 5) is 23.6. The molecule has 1 aliphatic heterocycles. The number of aromatic nitrogens is 2. The molecule has 0 atom stereocenters. The monoisotopic (exact) mass is 347 g/mol. The molecule has 0 saturated carbocycles. The van der Waals surface area contributed by atoms with Crippen LogP contribution in [-0.4, -0.2) is 41.1 Å². The van der Waals surface area contributed by atoms with E-state index in [2.05, 4.69) is 25.8 Å². The molecule has 0 unspecified atom stereocenters. The third-order valence-electron chi connectivity index (χ3n) is 3.76. The molecular weight excluding hydrogens is 334 g/mol. The van der Waals surface area contributed by atoms with Gasteiger partial charge in [0.25, 0.3) is 0 Å². The zero-order valence-electron chi connectivity index (χ0n) is 12.1. The van der Waals surface area contributed by atoms with Crippen molar-refractivity contribution in [3.63, 3.8) is 0 Å². The molecule has 1 fully saturated rings. The molecule has 2 aromatic heterocycles. The van der Waals surface area contributed by atoms with Crippen molar-refractivity contribution in [1.29, 1.82) is 0 Å². The number of fused-ring (bicyclic) bond motifs is 1. The van der Waals surface area contributed by atoms with Gasteiger partial charge < -0.3 is 9.80 Å². The van der Waals surface area contributed by atoms with E-state index in [1.165, 1.54) is 10.9 Å². The normalized spacial score (nSPS) is 15.3. The van der Waals surface area contributed by atoms with Crippen LogP contribution in [-0.2, 0) is 0 Å². The van der Waals surface area contributed by atoms with E-state index in [0.29, 0.717) is 0 Å². The molecule has 9 heteroatoms. The molecule has 0 spiro atoms. The third-order valence-corrected chi connectivity index (χ3v) is 5.87. The molecular formula is C14H13N5O2S2. The molecule has 0 bridgehead atoms. The molecule has 0 radical (unpaired) electrons. The van der Waals surface area contributed by atoms with Gasteiger partial charge in [0.2, 0.25) is 0 Å². The largest absolute Gasteiger partial charge is 0.345 e. The second-order valence-electron chi connectivity index (χ2n) is 5.18. The molecule has 118 valence electrons. The number of hydrogen-bond donors (Lipinski definition) is 0. The minimum absolute atomic E-state index is 0.0913. The summed E-state index contributed by atoms with van der Waals surface area (Å²) in [5.74, 6) is 0. The number of nitro groups is 1. The first kappa shape index (κ1) is 14.3. The summed E-state index contributed by atoms with van der Waals surface area (Å²) in [5, 5.41) is 12.6. The van der Waals surface area contributed by atoms with Crippen LogP contribution in [0.25, 0.3) is 10.2 Å². The van der Waals surface area contributed by atoms with Crippen molar-refractivity contribution in [3.05, 3.63) is 40.6 Å². The number of piperazine rings is 1. The van der Waals surface area contributed by atoms with Crippen LogP contribution in [0.4, 0.5) is 15.3 Å². The molecule has 1 aliphatic rings. The van der Waals surface area contributed by atoms with E-state index in [9.17, 15) is 10.1 Å². The Labute approximate surface area is 140 Å². The Morgan fingerprint density at radius 2 is 1.74 bits per heavy atom. The molecule has 7 nitrogen and oxygen atoms in total. The molecule has 1 saturated heterocycles. The van der Waals surface area contributed by atoms with Crippen molar-refractivity contribution in [2.45, 2.75) is 0 Å². The maximum Gasteiger partial charge on any atom is 0.345 e. The number of thiazole rings is 2. The minimum Gasteiger partial charge on any atom is -0.345 e. The molecule has 0 N–H and O–H groups in total. The Kier molecular flexibility index (Phi) is 3.58. The van der Waals surface area contributed by atoms with Gasteiger partial charge in [0.1, 0.15) is 6.20 Å². The lowest BCUT2D eigenvalue weighted by Crippen LogP contribution is -2.46. The van der Waals surface area contributed by atoms with E-state index in [1.807, 2.05) is 18.2 Å². The van der Waals surface area contributed by atoms with Crippen LogP contribution in [0.5, 0.6) is 0 Å². The first-order chi connectivity index (χ1) is 11.2. The fourth-order valence-electron chi connectivity index (χ4n) is 2.57. The highest BCUT2D eigenvalue weighted by atomic mass is 32.1. The lowest BCUT2D eigenvalue weighted by molar-refractivity contribution is -0.380. The quantitative estimate of drug-likeness (QED) is 0.535. The van der Waals surface area contributed by atoms with Gasteiger partial charge in [-0.15, -0.1) is 0 Å². The molecule has 23 heavy (non-hydrogen) atoms. The number of nitrogens with zero attached hydrogens (tertiary/aromatic N) is 5. The fraction of sp³-hybridized carbons (Fsp3) is 0.286. The van der Waals surface area contributed by atoms with Crippen molar-refractivity contribution >= 4 is 48.2 Å².